The van der Waals surface area contributed by atoms with Crippen LogP contribution in [0.2, 0.25) is 0 Å². The van der Waals surface area contributed by atoms with E-state index in [9.17, 15) is 9.59 Å². The van der Waals surface area contributed by atoms with Crippen molar-refractivity contribution in [3.63, 3.8) is 0 Å². The van der Waals surface area contributed by atoms with Gasteiger partial charge in [0.05, 0.1) is 17.7 Å². The van der Waals surface area contributed by atoms with E-state index in [1.165, 1.54) is 11.3 Å². The van der Waals surface area contributed by atoms with Gasteiger partial charge < -0.3 is 14.5 Å². The van der Waals surface area contributed by atoms with Crippen molar-refractivity contribution in [2.45, 2.75) is 13.5 Å². The summed E-state index contributed by atoms with van der Waals surface area (Å²) >= 11 is 1.44. The highest BCUT2D eigenvalue weighted by atomic mass is 32.1. The van der Waals surface area contributed by atoms with E-state index in [2.05, 4.69) is 10.1 Å². The number of nitrogens with zero attached hydrogens (tertiary/aromatic N) is 5. The monoisotopic (exact) mass is 475 g/mol. The van der Waals surface area contributed by atoms with Gasteiger partial charge in [-0.05, 0) is 47.7 Å². The third-order valence-electron chi connectivity index (χ3n) is 6.15. The van der Waals surface area contributed by atoms with Crippen LogP contribution >= 0.6 is 11.3 Å². The average Bonchev–Trinajstić information content (AvgIpc) is 3.52. The summed E-state index contributed by atoms with van der Waals surface area (Å²) in [6.07, 6.45) is 1.75. The van der Waals surface area contributed by atoms with Crippen LogP contribution in [0.1, 0.15) is 15.4 Å². The lowest BCUT2D eigenvalue weighted by Crippen LogP contribution is -2.51. The Morgan fingerprint density at radius 2 is 1.76 bits per heavy atom. The average molecular weight is 476 g/mol. The first-order valence-corrected chi connectivity index (χ1v) is 12.0. The SMILES string of the molecule is COc1ccc(-c2ccnc3c2c(C)nn3CC(=O)N2CCN(C(=O)c3cccs3)CC2)cc1. The molecule has 0 N–H and O–H groups in total. The van der Waals surface area contributed by atoms with E-state index in [-0.39, 0.29) is 18.4 Å². The number of rotatable bonds is 5. The third-order valence-corrected chi connectivity index (χ3v) is 7.00. The minimum absolute atomic E-state index is 0.0238. The topological polar surface area (TPSA) is 80.6 Å². The molecule has 0 bridgehead atoms. The van der Waals surface area contributed by atoms with Gasteiger partial charge in [-0.15, -0.1) is 11.3 Å². The molecule has 1 saturated heterocycles. The smallest absolute Gasteiger partial charge is 0.264 e. The first-order chi connectivity index (χ1) is 16.5. The molecule has 4 heterocycles. The van der Waals surface area contributed by atoms with Crippen molar-refractivity contribution < 1.29 is 14.3 Å². The number of methoxy groups -OCH3 is 1. The van der Waals surface area contributed by atoms with Crippen LogP contribution in [0.25, 0.3) is 22.2 Å². The second kappa shape index (κ2) is 9.26. The maximum absolute atomic E-state index is 13.1. The molecule has 1 aromatic carbocycles. The Hall–Kier alpha value is -3.72. The van der Waals surface area contributed by atoms with Crippen LogP contribution in [0.3, 0.4) is 0 Å². The third kappa shape index (κ3) is 4.14. The fourth-order valence-corrected chi connectivity index (χ4v) is 5.04. The summed E-state index contributed by atoms with van der Waals surface area (Å²) in [5, 5.41) is 7.48. The van der Waals surface area contributed by atoms with E-state index >= 15 is 0 Å². The van der Waals surface area contributed by atoms with Gasteiger partial charge in [-0.25, -0.2) is 9.67 Å². The van der Waals surface area contributed by atoms with E-state index in [0.29, 0.717) is 31.8 Å². The molecule has 5 rings (SSSR count). The van der Waals surface area contributed by atoms with Crippen LogP contribution in [0.4, 0.5) is 0 Å². The number of aryl methyl sites for hydroxylation is 1. The number of benzene rings is 1. The highest BCUT2D eigenvalue weighted by molar-refractivity contribution is 7.12. The Bertz CT molecular complexity index is 1320. The molecule has 4 aromatic rings. The van der Waals surface area contributed by atoms with Crippen molar-refractivity contribution in [2.24, 2.45) is 0 Å². The number of pyridine rings is 1. The number of carbonyl (C=O) groups is 2. The van der Waals surface area contributed by atoms with Crippen molar-refractivity contribution in [3.05, 3.63) is 64.6 Å². The summed E-state index contributed by atoms with van der Waals surface area (Å²) in [6.45, 7) is 4.13. The molecule has 0 saturated carbocycles. The minimum Gasteiger partial charge on any atom is -0.497 e. The van der Waals surface area contributed by atoms with Gasteiger partial charge >= 0.3 is 0 Å². The number of thiophene rings is 1. The lowest BCUT2D eigenvalue weighted by atomic mass is 10.0. The highest BCUT2D eigenvalue weighted by Crippen LogP contribution is 2.31. The lowest BCUT2D eigenvalue weighted by Gasteiger charge is -2.34. The minimum atomic E-state index is -0.0238. The van der Waals surface area contributed by atoms with Crippen molar-refractivity contribution in [3.8, 4) is 16.9 Å². The van der Waals surface area contributed by atoms with Crippen molar-refractivity contribution in [1.29, 1.82) is 0 Å². The van der Waals surface area contributed by atoms with Crippen LogP contribution in [-0.2, 0) is 11.3 Å². The number of hydrogen-bond donors (Lipinski definition) is 0. The molecule has 1 aliphatic rings. The summed E-state index contributed by atoms with van der Waals surface area (Å²) in [5.41, 5.74) is 3.57. The molecule has 0 atom stereocenters. The van der Waals surface area contributed by atoms with Crippen LogP contribution < -0.4 is 4.74 Å². The molecule has 0 aliphatic carbocycles. The van der Waals surface area contributed by atoms with Crippen LogP contribution in [-0.4, -0.2) is 69.7 Å². The maximum atomic E-state index is 13.1. The van der Waals surface area contributed by atoms with Crippen LogP contribution in [0, 0.1) is 6.92 Å². The first kappa shape index (κ1) is 22.1. The molecule has 0 radical (unpaired) electrons. The molecule has 2 amide bonds. The van der Waals surface area contributed by atoms with Gasteiger partial charge in [0, 0.05) is 37.8 Å². The Morgan fingerprint density at radius 1 is 1.03 bits per heavy atom. The Balaban J connectivity index is 1.31. The highest BCUT2D eigenvalue weighted by Gasteiger charge is 2.26. The molecule has 34 heavy (non-hydrogen) atoms. The molecular formula is C25H25N5O3S. The van der Waals surface area contributed by atoms with E-state index in [1.54, 1.807) is 22.9 Å². The number of hydrogen-bond acceptors (Lipinski definition) is 6. The fraction of sp³-hybridized carbons (Fsp3) is 0.280. The molecule has 174 valence electrons. The second-order valence-electron chi connectivity index (χ2n) is 8.18. The molecular weight excluding hydrogens is 450 g/mol. The number of piperazine rings is 1. The summed E-state index contributed by atoms with van der Waals surface area (Å²) in [4.78, 5) is 34.5. The van der Waals surface area contributed by atoms with Crippen LogP contribution in [0.15, 0.2) is 54.0 Å². The van der Waals surface area contributed by atoms with Gasteiger partial charge in [0.2, 0.25) is 5.91 Å². The van der Waals surface area contributed by atoms with E-state index in [4.69, 9.17) is 4.74 Å². The van der Waals surface area contributed by atoms with Crippen LogP contribution in [0.5, 0.6) is 5.75 Å². The first-order valence-electron chi connectivity index (χ1n) is 11.1. The molecule has 0 unspecified atom stereocenters. The zero-order valence-corrected chi connectivity index (χ0v) is 19.9. The quantitative estimate of drug-likeness (QED) is 0.442. The summed E-state index contributed by atoms with van der Waals surface area (Å²) in [7, 11) is 1.65. The maximum Gasteiger partial charge on any atom is 0.264 e. The predicted molar refractivity (Wildman–Crippen MR) is 131 cm³/mol. The molecule has 8 nitrogen and oxygen atoms in total. The van der Waals surface area contributed by atoms with E-state index in [0.717, 1.165) is 32.8 Å². The van der Waals surface area contributed by atoms with Gasteiger partial charge in [-0.2, -0.15) is 5.10 Å². The summed E-state index contributed by atoms with van der Waals surface area (Å²) < 4.78 is 6.95. The molecule has 1 aliphatic heterocycles. The Morgan fingerprint density at radius 3 is 2.44 bits per heavy atom. The number of aromatic nitrogens is 3. The molecule has 0 spiro atoms. The van der Waals surface area contributed by atoms with E-state index in [1.807, 2.05) is 59.7 Å². The van der Waals surface area contributed by atoms with Gasteiger partial charge in [0.1, 0.15) is 12.3 Å². The zero-order valence-electron chi connectivity index (χ0n) is 19.1. The van der Waals surface area contributed by atoms with Crippen molar-refractivity contribution in [2.75, 3.05) is 33.3 Å². The standard InChI is InChI=1S/C25H25N5O3S/c1-17-23-20(18-5-7-19(33-2)8-6-18)9-10-26-24(23)30(27-17)16-22(31)28-11-13-29(14-12-28)25(32)21-4-3-15-34-21/h3-10,15H,11-14,16H2,1-2H3. The molecule has 9 heteroatoms. The summed E-state index contributed by atoms with van der Waals surface area (Å²) in [5.74, 6) is 0.805. The fourth-order valence-electron chi connectivity index (χ4n) is 4.35. The normalized spacial score (nSPS) is 13.9. The summed E-state index contributed by atoms with van der Waals surface area (Å²) in [6, 6.07) is 13.5. The zero-order chi connectivity index (χ0) is 23.7. The van der Waals surface area contributed by atoms with Crippen molar-refractivity contribution in [1.82, 2.24) is 24.6 Å². The Kier molecular flexibility index (Phi) is 6.02. The molecule has 1 fully saturated rings. The number of ether oxygens (including phenoxy) is 1. The van der Waals surface area contributed by atoms with Gasteiger partial charge in [-0.1, -0.05) is 18.2 Å². The lowest BCUT2D eigenvalue weighted by molar-refractivity contribution is -0.133. The number of fused-ring (bicyclic) bond motifs is 1. The van der Waals surface area contributed by atoms with Crippen molar-refractivity contribution >= 4 is 34.2 Å². The van der Waals surface area contributed by atoms with Gasteiger partial charge in [0.25, 0.3) is 5.91 Å². The largest absolute Gasteiger partial charge is 0.497 e. The van der Waals surface area contributed by atoms with E-state index < -0.39 is 0 Å². The number of carbonyl (C=O) groups excluding carboxylic acids is 2. The second-order valence-corrected chi connectivity index (χ2v) is 9.13. The number of amides is 2. The van der Waals surface area contributed by atoms with Gasteiger partial charge in [0.15, 0.2) is 5.65 Å². The Labute approximate surface area is 201 Å². The molecule has 3 aromatic heterocycles. The predicted octanol–water partition coefficient (Wildman–Crippen LogP) is 3.46. The van der Waals surface area contributed by atoms with Gasteiger partial charge in [-0.3, -0.25) is 9.59 Å².